The monoisotopic (exact) mass is 605 g/mol. The average Bonchev–Trinajstić information content (AvgIpc) is 3.61. The number of amides is 4. The number of aliphatic hydroxyl groups is 1. The van der Waals surface area contributed by atoms with Gasteiger partial charge in [0, 0.05) is 53.5 Å². The number of carboxylic acid groups (broad SMARTS) is 1. The number of H-pyrrole nitrogens is 2. The lowest BCUT2D eigenvalue weighted by Crippen LogP contribution is -2.58. The first-order valence-corrected chi connectivity index (χ1v) is 14.0. The van der Waals surface area contributed by atoms with Gasteiger partial charge in [0.1, 0.15) is 18.1 Å². The molecule has 0 aliphatic rings. The summed E-state index contributed by atoms with van der Waals surface area (Å²) in [5.74, 6) is -4.40. The molecule has 14 heteroatoms. The van der Waals surface area contributed by atoms with Crippen molar-refractivity contribution in [3.8, 4) is 0 Å². The first kappa shape index (κ1) is 31.7. The van der Waals surface area contributed by atoms with Gasteiger partial charge in [-0.25, -0.2) is 4.79 Å². The Morgan fingerprint density at radius 2 is 1.20 bits per heavy atom. The van der Waals surface area contributed by atoms with E-state index >= 15 is 0 Å². The van der Waals surface area contributed by atoms with Crippen LogP contribution in [-0.4, -0.2) is 80.6 Å². The summed E-state index contributed by atoms with van der Waals surface area (Å²) in [5.41, 5.74) is 13.8. The number of hydrogen-bond donors (Lipinski definition) is 9. The minimum Gasteiger partial charge on any atom is -0.480 e. The van der Waals surface area contributed by atoms with Crippen molar-refractivity contribution < 1.29 is 34.2 Å². The molecule has 4 aromatic rings. The quantitative estimate of drug-likeness (QED) is 0.0857. The van der Waals surface area contributed by atoms with Gasteiger partial charge in [0.15, 0.2) is 0 Å². The van der Waals surface area contributed by atoms with Crippen LogP contribution in [0, 0.1) is 0 Å². The van der Waals surface area contributed by atoms with Crippen LogP contribution >= 0.6 is 0 Å². The number of nitrogens with one attached hydrogen (secondary N) is 5. The zero-order valence-electron chi connectivity index (χ0n) is 23.7. The van der Waals surface area contributed by atoms with Crippen molar-refractivity contribution in [1.29, 1.82) is 0 Å². The van der Waals surface area contributed by atoms with E-state index in [2.05, 4.69) is 25.9 Å². The predicted molar refractivity (Wildman–Crippen MR) is 161 cm³/mol. The standard InChI is InChI=1S/C30H35N7O7/c31-20(9-10-26(32)39)27(40)37-25(15-38)29(42)35-23(11-16-13-33-21-7-3-1-5-18(16)21)28(41)36-24(30(43)44)12-17-14-34-22-8-4-2-6-19(17)22/h1-8,13-14,20,23-25,33-34,38H,9-12,15,31H2,(H2,32,39)(H,35,42)(H,36,41)(H,37,40)(H,43,44). The molecule has 2 heterocycles. The number of nitrogens with two attached hydrogens (primary N) is 2. The molecule has 11 N–H and O–H groups in total. The van der Waals surface area contributed by atoms with Gasteiger partial charge in [0.05, 0.1) is 12.6 Å². The van der Waals surface area contributed by atoms with Gasteiger partial charge in [0.2, 0.25) is 23.6 Å². The number of aromatic amines is 2. The van der Waals surface area contributed by atoms with Gasteiger partial charge in [-0.05, 0) is 29.7 Å². The molecule has 0 saturated carbocycles. The second-order valence-corrected chi connectivity index (χ2v) is 10.4. The maximum absolute atomic E-state index is 13.6. The van der Waals surface area contributed by atoms with Crippen molar-refractivity contribution in [2.75, 3.05) is 6.61 Å². The second kappa shape index (κ2) is 14.3. The summed E-state index contributed by atoms with van der Waals surface area (Å²) in [6.45, 7) is -0.820. The fourth-order valence-corrected chi connectivity index (χ4v) is 4.90. The molecule has 2 aromatic carbocycles. The molecular formula is C30H35N7O7. The molecular weight excluding hydrogens is 570 g/mol. The number of carbonyl (C=O) groups is 5. The number of primary amides is 1. The lowest BCUT2D eigenvalue weighted by atomic mass is 10.0. The molecule has 0 spiro atoms. The average molecular weight is 606 g/mol. The summed E-state index contributed by atoms with van der Waals surface area (Å²) >= 11 is 0. The normalized spacial score (nSPS) is 14.0. The summed E-state index contributed by atoms with van der Waals surface area (Å²) in [6, 6.07) is 9.39. The molecule has 4 amide bonds. The van der Waals surface area contributed by atoms with E-state index in [1.807, 2.05) is 48.5 Å². The van der Waals surface area contributed by atoms with Gasteiger partial charge >= 0.3 is 5.97 Å². The fraction of sp³-hybridized carbons (Fsp3) is 0.300. The van der Waals surface area contributed by atoms with E-state index in [9.17, 15) is 34.2 Å². The number of carbonyl (C=O) groups excluding carboxylic acids is 4. The molecule has 2 aromatic heterocycles. The van der Waals surface area contributed by atoms with E-state index < -0.39 is 60.4 Å². The molecule has 14 nitrogen and oxygen atoms in total. The van der Waals surface area contributed by atoms with Gasteiger partial charge in [-0.15, -0.1) is 0 Å². The molecule has 4 atom stereocenters. The molecule has 44 heavy (non-hydrogen) atoms. The minimum absolute atomic E-state index is 0.0304. The highest BCUT2D eigenvalue weighted by atomic mass is 16.4. The molecule has 0 radical (unpaired) electrons. The van der Waals surface area contributed by atoms with E-state index in [-0.39, 0.29) is 25.7 Å². The molecule has 0 bridgehead atoms. The van der Waals surface area contributed by atoms with Crippen LogP contribution in [0.1, 0.15) is 24.0 Å². The maximum Gasteiger partial charge on any atom is 0.326 e. The van der Waals surface area contributed by atoms with Crippen LogP contribution in [0.4, 0.5) is 0 Å². The fourth-order valence-electron chi connectivity index (χ4n) is 4.90. The third-order valence-electron chi connectivity index (χ3n) is 7.30. The zero-order valence-corrected chi connectivity index (χ0v) is 23.7. The zero-order chi connectivity index (χ0) is 31.8. The first-order chi connectivity index (χ1) is 21.1. The number of aliphatic hydroxyl groups excluding tert-OH is 1. The van der Waals surface area contributed by atoms with Gasteiger partial charge in [-0.1, -0.05) is 36.4 Å². The van der Waals surface area contributed by atoms with Crippen LogP contribution in [0.5, 0.6) is 0 Å². The van der Waals surface area contributed by atoms with Crippen molar-refractivity contribution in [3.05, 3.63) is 72.1 Å². The number of aromatic nitrogens is 2. The van der Waals surface area contributed by atoms with Gasteiger partial charge in [-0.3, -0.25) is 19.2 Å². The summed E-state index contributed by atoms with van der Waals surface area (Å²) < 4.78 is 0. The van der Waals surface area contributed by atoms with E-state index in [0.717, 1.165) is 21.8 Å². The number of carboxylic acids is 1. The van der Waals surface area contributed by atoms with E-state index in [1.54, 1.807) is 12.4 Å². The number of para-hydroxylation sites is 2. The van der Waals surface area contributed by atoms with Gasteiger partial charge in [0.25, 0.3) is 0 Å². The highest BCUT2D eigenvalue weighted by Gasteiger charge is 2.31. The number of rotatable bonds is 15. The Labute approximate surface area is 251 Å². The lowest BCUT2D eigenvalue weighted by Gasteiger charge is -2.24. The van der Waals surface area contributed by atoms with Crippen molar-refractivity contribution >= 4 is 51.4 Å². The van der Waals surface area contributed by atoms with Crippen LogP contribution in [0.25, 0.3) is 21.8 Å². The van der Waals surface area contributed by atoms with Crippen molar-refractivity contribution in [2.45, 2.75) is 49.9 Å². The Kier molecular flexibility index (Phi) is 10.3. The Hall–Kier alpha value is -5.21. The Morgan fingerprint density at radius 3 is 1.73 bits per heavy atom. The molecule has 0 aliphatic heterocycles. The number of benzene rings is 2. The van der Waals surface area contributed by atoms with Crippen LogP contribution in [-0.2, 0) is 36.8 Å². The molecule has 232 valence electrons. The largest absolute Gasteiger partial charge is 0.480 e. The molecule has 0 aliphatic carbocycles. The summed E-state index contributed by atoms with van der Waals surface area (Å²) in [4.78, 5) is 68.8. The molecule has 0 saturated heterocycles. The first-order valence-electron chi connectivity index (χ1n) is 14.0. The van der Waals surface area contributed by atoms with Crippen LogP contribution in [0.3, 0.4) is 0 Å². The Morgan fingerprint density at radius 1 is 0.727 bits per heavy atom. The second-order valence-electron chi connectivity index (χ2n) is 10.4. The Balaban J connectivity index is 1.53. The summed E-state index contributed by atoms with van der Waals surface area (Å²) in [7, 11) is 0. The molecule has 4 unspecified atom stereocenters. The van der Waals surface area contributed by atoms with Crippen molar-refractivity contribution in [3.63, 3.8) is 0 Å². The highest BCUT2D eigenvalue weighted by molar-refractivity contribution is 5.95. The summed E-state index contributed by atoms with van der Waals surface area (Å²) in [5, 5.41) is 28.8. The number of hydrogen-bond acceptors (Lipinski definition) is 7. The SMILES string of the molecule is NC(=O)CCC(N)C(=O)NC(CO)C(=O)NC(Cc1c[nH]c2ccccc12)C(=O)NC(Cc1c[nH]c2ccccc12)C(=O)O. The van der Waals surface area contributed by atoms with Gasteiger partial charge < -0.3 is 47.6 Å². The van der Waals surface area contributed by atoms with E-state index in [1.165, 1.54) is 0 Å². The molecule has 4 rings (SSSR count). The van der Waals surface area contributed by atoms with Crippen LogP contribution < -0.4 is 27.4 Å². The van der Waals surface area contributed by atoms with Crippen LogP contribution in [0.2, 0.25) is 0 Å². The topological polar surface area (TPSA) is 246 Å². The Bertz CT molecular complexity index is 1660. The van der Waals surface area contributed by atoms with Crippen molar-refractivity contribution in [1.82, 2.24) is 25.9 Å². The predicted octanol–water partition coefficient (Wildman–Crippen LogP) is -0.441. The van der Waals surface area contributed by atoms with E-state index in [0.29, 0.717) is 11.1 Å². The third-order valence-corrected chi connectivity index (χ3v) is 7.30. The minimum atomic E-state index is -1.48. The van der Waals surface area contributed by atoms with E-state index in [4.69, 9.17) is 11.5 Å². The maximum atomic E-state index is 13.6. The third kappa shape index (κ3) is 7.79. The summed E-state index contributed by atoms with van der Waals surface area (Å²) in [6.07, 6.45) is 3.07. The van der Waals surface area contributed by atoms with Crippen LogP contribution in [0.15, 0.2) is 60.9 Å². The van der Waals surface area contributed by atoms with Crippen molar-refractivity contribution in [2.24, 2.45) is 11.5 Å². The van der Waals surface area contributed by atoms with Gasteiger partial charge in [-0.2, -0.15) is 0 Å². The molecule has 0 fully saturated rings. The highest BCUT2D eigenvalue weighted by Crippen LogP contribution is 2.21. The lowest BCUT2D eigenvalue weighted by molar-refractivity contribution is -0.142. The number of aliphatic carboxylic acids is 1. The smallest absolute Gasteiger partial charge is 0.326 e. The number of fused-ring (bicyclic) bond motifs is 2.